The summed E-state index contributed by atoms with van der Waals surface area (Å²) in [7, 11) is 0. The number of hydrogen-bond acceptors (Lipinski definition) is 4. The van der Waals surface area contributed by atoms with E-state index >= 15 is 0 Å². The van der Waals surface area contributed by atoms with Gasteiger partial charge in [0.25, 0.3) is 0 Å². The van der Waals surface area contributed by atoms with Crippen molar-refractivity contribution in [2.24, 2.45) is 0 Å². The predicted molar refractivity (Wildman–Crippen MR) is 55.1 cm³/mol. The second kappa shape index (κ2) is 3.99. The van der Waals surface area contributed by atoms with E-state index in [9.17, 15) is 0 Å². The number of hydrogen-bond donors (Lipinski definition) is 1. The van der Waals surface area contributed by atoms with Crippen molar-refractivity contribution in [2.45, 2.75) is 6.54 Å². The van der Waals surface area contributed by atoms with Gasteiger partial charge in [-0.05, 0) is 24.3 Å². The molecule has 0 amide bonds. The van der Waals surface area contributed by atoms with Gasteiger partial charge in [0, 0.05) is 0 Å². The SMILES string of the molecule is N#Cc1ccc(NCc2ccco2)s1. The van der Waals surface area contributed by atoms with Gasteiger partial charge in [-0.25, -0.2) is 0 Å². The Balaban J connectivity index is 1.96. The van der Waals surface area contributed by atoms with Crippen LogP contribution in [0.3, 0.4) is 0 Å². The molecule has 0 aliphatic carbocycles. The molecule has 70 valence electrons. The molecule has 2 heterocycles. The minimum Gasteiger partial charge on any atom is -0.467 e. The molecule has 3 nitrogen and oxygen atoms in total. The van der Waals surface area contributed by atoms with Crippen molar-refractivity contribution in [3.63, 3.8) is 0 Å². The average molecular weight is 204 g/mol. The van der Waals surface area contributed by atoms with Crippen LogP contribution in [-0.4, -0.2) is 0 Å². The maximum atomic E-state index is 8.62. The average Bonchev–Trinajstić information content (AvgIpc) is 2.86. The van der Waals surface area contributed by atoms with Crippen molar-refractivity contribution in [3.05, 3.63) is 41.2 Å². The zero-order chi connectivity index (χ0) is 9.80. The van der Waals surface area contributed by atoms with E-state index in [1.165, 1.54) is 11.3 Å². The third-order valence-corrected chi connectivity index (χ3v) is 2.68. The second-order valence-electron chi connectivity index (χ2n) is 2.71. The Hall–Kier alpha value is -1.73. The van der Waals surface area contributed by atoms with E-state index in [2.05, 4.69) is 11.4 Å². The summed E-state index contributed by atoms with van der Waals surface area (Å²) >= 11 is 1.44. The van der Waals surface area contributed by atoms with Crippen molar-refractivity contribution in [3.8, 4) is 6.07 Å². The number of nitrogens with zero attached hydrogens (tertiary/aromatic N) is 1. The fourth-order valence-electron chi connectivity index (χ4n) is 1.08. The van der Waals surface area contributed by atoms with Crippen LogP contribution in [-0.2, 0) is 6.54 Å². The lowest BCUT2D eigenvalue weighted by Gasteiger charge is -1.98. The van der Waals surface area contributed by atoms with Crippen molar-refractivity contribution in [2.75, 3.05) is 5.32 Å². The summed E-state index contributed by atoms with van der Waals surface area (Å²) in [5.41, 5.74) is 0. The van der Waals surface area contributed by atoms with Crippen LogP contribution >= 0.6 is 11.3 Å². The molecule has 0 aliphatic rings. The molecule has 2 rings (SSSR count). The van der Waals surface area contributed by atoms with E-state index in [0.29, 0.717) is 11.4 Å². The van der Waals surface area contributed by atoms with Gasteiger partial charge in [0.05, 0.1) is 17.8 Å². The molecule has 2 aromatic heterocycles. The minimum absolute atomic E-state index is 0.651. The smallest absolute Gasteiger partial charge is 0.122 e. The summed E-state index contributed by atoms with van der Waals surface area (Å²) in [6.45, 7) is 0.651. The van der Waals surface area contributed by atoms with Crippen molar-refractivity contribution in [1.82, 2.24) is 0 Å². The number of furan rings is 1. The molecule has 0 spiro atoms. The van der Waals surface area contributed by atoms with Gasteiger partial charge in [-0.3, -0.25) is 0 Å². The molecule has 0 atom stereocenters. The Kier molecular flexibility index (Phi) is 2.52. The van der Waals surface area contributed by atoms with Gasteiger partial charge in [-0.2, -0.15) is 5.26 Å². The Morgan fingerprint density at radius 1 is 1.43 bits per heavy atom. The third-order valence-electron chi connectivity index (χ3n) is 1.73. The van der Waals surface area contributed by atoms with Gasteiger partial charge in [-0.15, -0.1) is 11.3 Å². The van der Waals surface area contributed by atoms with Crippen LogP contribution in [0.15, 0.2) is 34.9 Å². The fourth-order valence-corrected chi connectivity index (χ4v) is 1.78. The van der Waals surface area contributed by atoms with Crippen LogP contribution in [0.25, 0.3) is 0 Å². The molecule has 0 aliphatic heterocycles. The Labute approximate surface area is 85.6 Å². The van der Waals surface area contributed by atoms with Gasteiger partial charge >= 0.3 is 0 Å². The topological polar surface area (TPSA) is 49.0 Å². The molecule has 0 bridgehead atoms. The standard InChI is InChI=1S/C10H8N2OS/c11-6-9-3-4-10(14-9)12-7-8-2-1-5-13-8/h1-5,12H,7H2. The molecule has 2 aromatic rings. The highest BCUT2D eigenvalue weighted by molar-refractivity contribution is 7.16. The Morgan fingerprint density at radius 2 is 2.36 bits per heavy atom. The Morgan fingerprint density at radius 3 is 3.00 bits per heavy atom. The second-order valence-corrected chi connectivity index (χ2v) is 3.79. The summed E-state index contributed by atoms with van der Waals surface area (Å²) in [6.07, 6.45) is 1.64. The first-order valence-electron chi connectivity index (χ1n) is 4.14. The van der Waals surface area contributed by atoms with E-state index in [0.717, 1.165) is 10.8 Å². The van der Waals surface area contributed by atoms with E-state index < -0.39 is 0 Å². The largest absolute Gasteiger partial charge is 0.467 e. The summed E-state index contributed by atoms with van der Waals surface area (Å²) in [4.78, 5) is 0.715. The van der Waals surface area contributed by atoms with Gasteiger partial charge in [-0.1, -0.05) is 0 Å². The maximum Gasteiger partial charge on any atom is 0.122 e. The fraction of sp³-hybridized carbons (Fsp3) is 0.100. The van der Waals surface area contributed by atoms with Crippen molar-refractivity contribution in [1.29, 1.82) is 5.26 Å². The zero-order valence-corrected chi connectivity index (χ0v) is 8.17. The molecule has 0 fully saturated rings. The molecule has 1 N–H and O–H groups in total. The predicted octanol–water partition coefficient (Wildman–Crippen LogP) is 2.82. The normalized spacial score (nSPS) is 9.64. The van der Waals surface area contributed by atoms with E-state index in [4.69, 9.17) is 9.68 Å². The zero-order valence-electron chi connectivity index (χ0n) is 7.36. The first kappa shape index (κ1) is 8.85. The first-order valence-corrected chi connectivity index (χ1v) is 4.96. The maximum absolute atomic E-state index is 8.62. The number of rotatable bonds is 3. The summed E-state index contributed by atoms with van der Waals surface area (Å²) in [5.74, 6) is 0.886. The molecule has 0 radical (unpaired) electrons. The molecule has 0 saturated carbocycles. The highest BCUT2D eigenvalue weighted by atomic mass is 32.1. The third kappa shape index (κ3) is 1.95. The lowest BCUT2D eigenvalue weighted by Crippen LogP contribution is -1.94. The van der Waals surface area contributed by atoms with Crippen LogP contribution in [0.4, 0.5) is 5.00 Å². The molecule has 0 aromatic carbocycles. The lowest BCUT2D eigenvalue weighted by atomic mass is 10.4. The van der Waals surface area contributed by atoms with Crippen LogP contribution in [0.2, 0.25) is 0 Å². The number of nitrogens with one attached hydrogen (secondary N) is 1. The number of nitriles is 1. The molecule has 0 unspecified atom stereocenters. The van der Waals surface area contributed by atoms with E-state index in [1.54, 1.807) is 12.3 Å². The minimum atomic E-state index is 0.651. The number of thiophene rings is 1. The lowest BCUT2D eigenvalue weighted by molar-refractivity contribution is 0.518. The first-order chi connectivity index (χ1) is 6.88. The van der Waals surface area contributed by atoms with Gasteiger partial charge < -0.3 is 9.73 Å². The molecule has 0 saturated heterocycles. The van der Waals surface area contributed by atoms with Crippen LogP contribution in [0.1, 0.15) is 10.6 Å². The highest BCUT2D eigenvalue weighted by Gasteiger charge is 1.99. The molecular formula is C10H8N2OS. The van der Waals surface area contributed by atoms with E-state index in [-0.39, 0.29) is 0 Å². The van der Waals surface area contributed by atoms with Gasteiger partial charge in [0.15, 0.2) is 0 Å². The van der Waals surface area contributed by atoms with Crippen LogP contribution < -0.4 is 5.32 Å². The number of anilines is 1. The van der Waals surface area contributed by atoms with Crippen LogP contribution in [0.5, 0.6) is 0 Å². The molecular weight excluding hydrogens is 196 g/mol. The van der Waals surface area contributed by atoms with Crippen molar-refractivity contribution < 1.29 is 4.42 Å². The Bertz CT molecular complexity index is 439. The molecule has 4 heteroatoms. The van der Waals surface area contributed by atoms with Gasteiger partial charge in [0.2, 0.25) is 0 Å². The van der Waals surface area contributed by atoms with Crippen molar-refractivity contribution >= 4 is 16.3 Å². The summed E-state index contributed by atoms with van der Waals surface area (Å²) in [5, 5.41) is 12.8. The quantitative estimate of drug-likeness (QED) is 0.836. The highest BCUT2D eigenvalue weighted by Crippen LogP contribution is 2.21. The summed E-state index contributed by atoms with van der Waals surface area (Å²) in [6, 6.07) is 9.55. The van der Waals surface area contributed by atoms with E-state index in [1.807, 2.05) is 18.2 Å². The summed E-state index contributed by atoms with van der Waals surface area (Å²) < 4.78 is 5.17. The monoisotopic (exact) mass is 204 g/mol. The molecule has 14 heavy (non-hydrogen) atoms. The van der Waals surface area contributed by atoms with Gasteiger partial charge in [0.1, 0.15) is 16.7 Å². The van der Waals surface area contributed by atoms with Crippen LogP contribution in [0, 0.1) is 11.3 Å².